The molecule has 0 saturated heterocycles. The van der Waals surface area contributed by atoms with Crippen LogP contribution in [0.25, 0.3) is 0 Å². The van der Waals surface area contributed by atoms with E-state index >= 15 is 0 Å². The van der Waals surface area contributed by atoms with Crippen molar-refractivity contribution in [1.82, 2.24) is 10.2 Å². The van der Waals surface area contributed by atoms with Crippen LogP contribution in [0.4, 0.5) is 0 Å². The molecule has 0 unspecified atom stereocenters. The van der Waals surface area contributed by atoms with E-state index in [0.717, 1.165) is 23.1 Å². The van der Waals surface area contributed by atoms with Gasteiger partial charge in [-0.05, 0) is 49.4 Å². The summed E-state index contributed by atoms with van der Waals surface area (Å²) in [5.74, 6) is 0.363. The van der Waals surface area contributed by atoms with Gasteiger partial charge in [-0.1, -0.05) is 56.3 Å². The second-order valence-corrected chi connectivity index (χ2v) is 7.22. The van der Waals surface area contributed by atoms with Crippen molar-refractivity contribution < 1.29 is 14.3 Å². The Morgan fingerprint density at radius 2 is 1.66 bits per heavy atom. The fourth-order valence-corrected chi connectivity index (χ4v) is 3.20. The van der Waals surface area contributed by atoms with Crippen molar-refractivity contribution in [3.63, 3.8) is 0 Å². The van der Waals surface area contributed by atoms with Gasteiger partial charge in [0.25, 0.3) is 5.91 Å². The van der Waals surface area contributed by atoms with Gasteiger partial charge in [0.1, 0.15) is 11.8 Å². The van der Waals surface area contributed by atoms with Gasteiger partial charge in [-0.15, -0.1) is 0 Å². The maximum absolute atomic E-state index is 13.1. The average molecular weight is 397 g/mol. The number of amides is 2. The molecule has 1 N–H and O–H groups in total. The molecule has 156 valence electrons. The molecule has 0 bridgehead atoms. The number of rotatable bonds is 10. The lowest BCUT2D eigenvalue weighted by Gasteiger charge is -2.31. The van der Waals surface area contributed by atoms with E-state index in [9.17, 15) is 9.59 Å². The molecule has 2 amide bonds. The number of nitrogens with one attached hydrogen (secondary N) is 1. The van der Waals surface area contributed by atoms with Crippen molar-refractivity contribution in [1.29, 1.82) is 0 Å². The van der Waals surface area contributed by atoms with E-state index in [2.05, 4.69) is 5.32 Å². The highest BCUT2D eigenvalue weighted by Crippen LogP contribution is 2.18. The molecular weight excluding hydrogens is 364 g/mol. The van der Waals surface area contributed by atoms with Gasteiger partial charge in [-0.25, -0.2) is 0 Å². The van der Waals surface area contributed by atoms with Crippen LogP contribution < -0.4 is 10.1 Å². The van der Waals surface area contributed by atoms with Gasteiger partial charge in [0, 0.05) is 13.1 Å². The molecule has 2 aromatic rings. The Kier molecular flexibility index (Phi) is 8.71. The van der Waals surface area contributed by atoms with E-state index < -0.39 is 6.04 Å². The van der Waals surface area contributed by atoms with Crippen molar-refractivity contribution in [2.75, 3.05) is 13.2 Å². The van der Waals surface area contributed by atoms with Crippen molar-refractivity contribution in [2.45, 2.75) is 53.1 Å². The Morgan fingerprint density at radius 3 is 2.28 bits per heavy atom. The van der Waals surface area contributed by atoms with Crippen molar-refractivity contribution >= 4 is 11.8 Å². The fraction of sp³-hybridized carbons (Fsp3) is 0.417. The fourth-order valence-electron chi connectivity index (χ4n) is 3.20. The first-order valence-electron chi connectivity index (χ1n) is 10.3. The monoisotopic (exact) mass is 396 g/mol. The molecular formula is C24H32N2O3. The third-order valence-electron chi connectivity index (χ3n) is 4.98. The number of nitrogens with zero attached hydrogens (tertiary/aromatic N) is 1. The molecule has 0 aliphatic heterocycles. The minimum absolute atomic E-state index is 0.103. The van der Waals surface area contributed by atoms with Crippen molar-refractivity contribution in [2.24, 2.45) is 0 Å². The summed E-state index contributed by atoms with van der Waals surface area (Å²) in [6, 6.07) is 15.0. The summed E-state index contributed by atoms with van der Waals surface area (Å²) in [7, 11) is 0. The van der Waals surface area contributed by atoms with E-state index in [1.807, 2.05) is 76.2 Å². The van der Waals surface area contributed by atoms with Crippen molar-refractivity contribution in [3.8, 4) is 5.75 Å². The van der Waals surface area contributed by atoms with Crippen LogP contribution in [0.5, 0.6) is 5.75 Å². The number of carbonyl (C=O) groups excluding carboxylic acids is 2. The van der Waals surface area contributed by atoms with Gasteiger partial charge in [0.15, 0.2) is 6.61 Å². The van der Waals surface area contributed by atoms with Gasteiger partial charge in [-0.2, -0.15) is 0 Å². The summed E-state index contributed by atoms with van der Waals surface area (Å²) in [4.78, 5) is 27.5. The van der Waals surface area contributed by atoms with Gasteiger partial charge in [-0.3, -0.25) is 9.59 Å². The van der Waals surface area contributed by atoms with E-state index in [1.54, 1.807) is 4.90 Å². The minimum Gasteiger partial charge on any atom is -0.484 e. The summed E-state index contributed by atoms with van der Waals surface area (Å²) in [6.07, 6.45) is 1.39. The maximum atomic E-state index is 13.1. The van der Waals surface area contributed by atoms with Crippen LogP contribution >= 0.6 is 0 Å². The summed E-state index contributed by atoms with van der Waals surface area (Å²) in [6.45, 7) is 8.76. The van der Waals surface area contributed by atoms with Crippen molar-refractivity contribution in [3.05, 3.63) is 65.2 Å². The lowest BCUT2D eigenvalue weighted by Crippen LogP contribution is -2.50. The minimum atomic E-state index is -0.533. The second-order valence-electron chi connectivity index (χ2n) is 7.22. The van der Waals surface area contributed by atoms with E-state index in [0.29, 0.717) is 25.3 Å². The first-order chi connectivity index (χ1) is 14.0. The molecule has 2 rings (SSSR count). The number of para-hydroxylation sites is 1. The molecule has 0 aliphatic carbocycles. The Morgan fingerprint density at radius 1 is 1.00 bits per heavy atom. The number of benzene rings is 2. The number of hydrogen-bond acceptors (Lipinski definition) is 3. The van der Waals surface area contributed by atoms with Crippen LogP contribution in [-0.2, 0) is 16.1 Å². The highest BCUT2D eigenvalue weighted by Gasteiger charge is 2.29. The molecule has 0 spiro atoms. The molecule has 0 fully saturated rings. The summed E-state index contributed by atoms with van der Waals surface area (Å²) in [5, 5.41) is 2.93. The van der Waals surface area contributed by atoms with Gasteiger partial charge < -0.3 is 15.0 Å². The van der Waals surface area contributed by atoms with Crippen LogP contribution in [0.1, 0.15) is 43.4 Å². The molecule has 0 aliphatic rings. The smallest absolute Gasteiger partial charge is 0.261 e. The van der Waals surface area contributed by atoms with Crippen LogP contribution in [0, 0.1) is 13.8 Å². The zero-order valence-electron chi connectivity index (χ0n) is 17.9. The molecule has 0 saturated carbocycles. The van der Waals surface area contributed by atoms with Crippen LogP contribution in [0.2, 0.25) is 0 Å². The standard InChI is InChI=1S/C24H32N2O3/c1-5-15-25-24(28)21(6-2)26(16-20-13-9-7-11-18(20)3)23(27)17-29-22-14-10-8-12-19(22)4/h7-14,21H,5-6,15-17H2,1-4H3,(H,25,28)/t21-/m1/s1. The highest BCUT2D eigenvalue weighted by atomic mass is 16.5. The lowest BCUT2D eigenvalue weighted by atomic mass is 10.1. The largest absolute Gasteiger partial charge is 0.484 e. The predicted octanol–water partition coefficient (Wildman–Crippen LogP) is 4.02. The normalized spacial score (nSPS) is 11.6. The summed E-state index contributed by atoms with van der Waals surface area (Å²) in [5.41, 5.74) is 3.09. The molecule has 0 aromatic heterocycles. The first kappa shape index (κ1) is 22.5. The molecule has 29 heavy (non-hydrogen) atoms. The third kappa shape index (κ3) is 6.34. The maximum Gasteiger partial charge on any atom is 0.261 e. The van der Waals surface area contributed by atoms with Gasteiger partial charge in [0.2, 0.25) is 5.91 Å². The topological polar surface area (TPSA) is 58.6 Å². The summed E-state index contributed by atoms with van der Waals surface area (Å²) < 4.78 is 5.78. The Labute approximate surface area is 174 Å². The zero-order valence-corrected chi connectivity index (χ0v) is 17.9. The quantitative estimate of drug-likeness (QED) is 0.660. The SMILES string of the molecule is CCCNC(=O)[C@@H](CC)N(Cc1ccccc1C)C(=O)COc1ccccc1C. The number of carbonyl (C=O) groups is 2. The zero-order chi connectivity index (χ0) is 21.2. The molecule has 5 nitrogen and oxygen atoms in total. The Hall–Kier alpha value is -2.82. The van der Waals surface area contributed by atoms with E-state index in [1.165, 1.54) is 0 Å². The van der Waals surface area contributed by atoms with Crippen LogP contribution in [-0.4, -0.2) is 35.9 Å². The molecule has 2 aromatic carbocycles. The van der Waals surface area contributed by atoms with Gasteiger partial charge in [0.05, 0.1) is 0 Å². The second kappa shape index (κ2) is 11.2. The summed E-state index contributed by atoms with van der Waals surface area (Å²) >= 11 is 0. The predicted molar refractivity (Wildman–Crippen MR) is 116 cm³/mol. The van der Waals surface area contributed by atoms with E-state index in [-0.39, 0.29) is 18.4 Å². The average Bonchev–Trinajstić information content (AvgIpc) is 2.72. The van der Waals surface area contributed by atoms with E-state index in [4.69, 9.17) is 4.74 Å². The molecule has 1 atom stereocenters. The van der Waals surface area contributed by atoms with Gasteiger partial charge >= 0.3 is 0 Å². The Balaban J connectivity index is 2.22. The Bertz CT molecular complexity index is 819. The van der Waals surface area contributed by atoms with Crippen LogP contribution in [0.3, 0.4) is 0 Å². The third-order valence-corrected chi connectivity index (χ3v) is 4.98. The lowest BCUT2D eigenvalue weighted by molar-refractivity contribution is -0.143. The number of hydrogen-bond donors (Lipinski definition) is 1. The van der Waals surface area contributed by atoms with Crippen LogP contribution in [0.15, 0.2) is 48.5 Å². The molecule has 0 heterocycles. The number of aryl methyl sites for hydroxylation is 2. The molecule has 5 heteroatoms. The number of ether oxygens (including phenoxy) is 1. The first-order valence-corrected chi connectivity index (χ1v) is 10.3. The molecule has 0 radical (unpaired) electrons. The highest BCUT2D eigenvalue weighted by molar-refractivity contribution is 5.88.